The highest BCUT2D eigenvalue weighted by atomic mass is 35.5. The van der Waals surface area contributed by atoms with Crippen LogP contribution in [0.25, 0.3) is 5.76 Å². The lowest BCUT2D eigenvalue weighted by Crippen LogP contribution is -2.40. The molecule has 2 fully saturated rings. The number of carbonyl (C=O) groups is 2. The number of hydrogen-bond acceptors (Lipinski definition) is 5. The number of benzene rings is 2. The quantitative estimate of drug-likeness (QED) is 0.237. The molecule has 7 nitrogen and oxygen atoms in total. The summed E-state index contributed by atoms with van der Waals surface area (Å²) < 4.78 is 0. The smallest absolute Gasteiger partial charge is 0.295 e. The summed E-state index contributed by atoms with van der Waals surface area (Å²) >= 11 is 6.03. The predicted octanol–water partition coefficient (Wildman–Crippen LogP) is 5.00. The van der Waals surface area contributed by atoms with Crippen molar-refractivity contribution in [1.82, 2.24) is 4.90 Å². The summed E-state index contributed by atoms with van der Waals surface area (Å²) in [6, 6.07) is 11.3. The third-order valence-electron chi connectivity index (χ3n) is 5.96. The van der Waals surface area contributed by atoms with E-state index in [1.54, 1.807) is 29.2 Å². The predicted molar refractivity (Wildman–Crippen MR) is 116 cm³/mol. The Morgan fingerprint density at radius 3 is 2.39 bits per heavy atom. The van der Waals surface area contributed by atoms with Gasteiger partial charge in [0, 0.05) is 28.8 Å². The molecule has 1 aliphatic heterocycles. The molecule has 0 spiro atoms. The van der Waals surface area contributed by atoms with Crippen LogP contribution in [0.2, 0.25) is 5.02 Å². The van der Waals surface area contributed by atoms with Gasteiger partial charge in [-0.3, -0.25) is 19.7 Å². The second-order valence-corrected chi connectivity index (χ2v) is 8.29. The molecule has 4 rings (SSSR count). The Morgan fingerprint density at radius 1 is 1.06 bits per heavy atom. The molecule has 1 N–H and O–H groups in total. The number of ketones is 1. The fraction of sp³-hybridized carbons (Fsp3) is 0.304. The van der Waals surface area contributed by atoms with Gasteiger partial charge in [0.25, 0.3) is 17.4 Å². The number of rotatable bonds is 4. The topological polar surface area (TPSA) is 101 Å². The highest BCUT2D eigenvalue weighted by Gasteiger charge is 2.48. The van der Waals surface area contributed by atoms with E-state index < -0.39 is 28.4 Å². The number of carbonyl (C=O) groups excluding carboxylic acids is 2. The van der Waals surface area contributed by atoms with Crippen molar-refractivity contribution >= 4 is 34.7 Å². The summed E-state index contributed by atoms with van der Waals surface area (Å²) in [4.78, 5) is 38.3. The van der Waals surface area contributed by atoms with E-state index in [1.807, 2.05) is 0 Å². The molecule has 1 amide bonds. The number of hydrogen-bond donors (Lipinski definition) is 1. The highest BCUT2D eigenvalue weighted by molar-refractivity contribution is 6.46. The molecule has 31 heavy (non-hydrogen) atoms. The van der Waals surface area contributed by atoms with Gasteiger partial charge in [-0.05, 0) is 30.5 Å². The van der Waals surface area contributed by atoms with Gasteiger partial charge in [-0.2, -0.15) is 0 Å². The number of amides is 1. The van der Waals surface area contributed by atoms with Crippen LogP contribution in [0, 0.1) is 10.1 Å². The number of aliphatic hydroxyl groups excluding tert-OH is 1. The molecule has 1 atom stereocenters. The van der Waals surface area contributed by atoms with Crippen LogP contribution in [0.15, 0.2) is 54.1 Å². The number of halogens is 1. The number of nitrogens with zero attached hydrogens (tertiary/aromatic N) is 2. The molecule has 1 unspecified atom stereocenters. The fourth-order valence-electron chi connectivity index (χ4n) is 4.48. The van der Waals surface area contributed by atoms with Crippen molar-refractivity contribution in [2.45, 2.75) is 44.2 Å². The molecule has 8 heteroatoms. The second-order valence-electron chi connectivity index (χ2n) is 7.86. The van der Waals surface area contributed by atoms with E-state index in [9.17, 15) is 24.8 Å². The van der Waals surface area contributed by atoms with Crippen molar-refractivity contribution < 1.29 is 19.6 Å². The zero-order valence-corrected chi connectivity index (χ0v) is 17.4. The van der Waals surface area contributed by atoms with Gasteiger partial charge < -0.3 is 10.0 Å². The average molecular weight is 441 g/mol. The molecule has 1 heterocycles. The summed E-state index contributed by atoms with van der Waals surface area (Å²) in [5, 5.41) is 22.7. The van der Waals surface area contributed by atoms with Gasteiger partial charge in [0.1, 0.15) is 5.76 Å². The van der Waals surface area contributed by atoms with Crippen LogP contribution in [0.1, 0.15) is 49.3 Å². The molecule has 160 valence electrons. The Bertz CT molecular complexity index is 1070. The molecule has 1 saturated carbocycles. The third kappa shape index (κ3) is 3.93. The highest BCUT2D eigenvalue weighted by Crippen LogP contribution is 2.43. The zero-order chi connectivity index (χ0) is 22.1. The van der Waals surface area contributed by atoms with E-state index in [-0.39, 0.29) is 22.9 Å². The van der Waals surface area contributed by atoms with Gasteiger partial charge in [0.05, 0.1) is 16.5 Å². The Kier molecular flexibility index (Phi) is 5.78. The molecule has 2 aromatic carbocycles. The summed E-state index contributed by atoms with van der Waals surface area (Å²) in [6.07, 6.45) is 4.58. The van der Waals surface area contributed by atoms with Crippen LogP contribution < -0.4 is 0 Å². The number of nitro groups is 1. The first kappa shape index (κ1) is 21.1. The Hall–Kier alpha value is -3.19. The van der Waals surface area contributed by atoms with Gasteiger partial charge in [-0.15, -0.1) is 0 Å². The van der Waals surface area contributed by atoms with Crippen molar-refractivity contribution in [2.24, 2.45) is 0 Å². The lowest BCUT2D eigenvalue weighted by atomic mass is 9.91. The molecule has 1 saturated heterocycles. The van der Waals surface area contributed by atoms with Crippen LogP contribution in [-0.4, -0.2) is 32.7 Å². The first-order valence-corrected chi connectivity index (χ1v) is 10.6. The first-order valence-electron chi connectivity index (χ1n) is 10.2. The number of Topliss-reactive ketones (excluding diaryl/α,β-unsaturated/α-hetero) is 1. The molecule has 2 aliphatic rings. The summed E-state index contributed by atoms with van der Waals surface area (Å²) in [5.74, 6) is -1.85. The summed E-state index contributed by atoms with van der Waals surface area (Å²) in [7, 11) is 0. The monoisotopic (exact) mass is 440 g/mol. The van der Waals surface area contributed by atoms with E-state index in [0.717, 1.165) is 32.1 Å². The maximum absolute atomic E-state index is 13.1. The molecular formula is C23H21ClN2O5. The molecule has 0 aromatic heterocycles. The summed E-state index contributed by atoms with van der Waals surface area (Å²) in [5.41, 5.74) is 0.503. The number of nitro benzene ring substituents is 1. The van der Waals surface area contributed by atoms with E-state index in [2.05, 4.69) is 0 Å². The summed E-state index contributed by atoms with van der Waals surface area (Å²) in [6.45, 7) is 0. The van der Waals surface area contributed by atoms with Crippen LogP contribution in [0.4, 0.5) is 5.69 Å². The van der Waals surface area contributed by atoms with Gasteiger partial charge in [0.15, 0.2) is 0 Å². The number of aliphatic hydroxyl groups is 1. The van der Waals surface area contributed by atoms with Crippen molar-refractivity contribution in [3.8, 4) is 0 Å². The van der Waals surface area contributed by atoms with Crippen LogP contribution in [0.3, 0.4) is 0 Å². The second kappa shape index (κ2) is 8.51. The van der Waals surface area contributed by atoms with Crippen molar-refractivity contribution in [1.29, 1.82) is 0 Å². The van der Waals surface area contributed by atoms with Crippen molar-refractivity contribution in [3.63, 3.8) is 0 Å². The van der Waals surface area contributed by atoms with E-state index >= 15 is 0 Å². The van der Waals surface area contributed by atoms with Crippen LogP contribution in [-0.2, 0) is 9.59 Å². The maximum Gasteiger partial charge on any atom is 0.295 e. The average Bonchev–Trinajstić information content (AvgIpc) is 3.05. The Labute approximate surface area is 184 Å². The van der Waals surface area contributed by atoms with Gasteiger partial charge in [0.2, 0.25) is 0 Å². The minimum absolute atomic E-state index is 0.0570. The fourth-order valence-corrected chi connectivity index (χ4v) is 4.61. The SMILES string of the molecule is O=C1C(=O)N(C2CCCCC2)C(c2ccc(Cl)cc2)/C1=C(/O)c1cccc([N+](=O)[O-])c1. The van der Waals surface area contributed by atoms with Crippen molar-refractivity contribution in [3.05, 3.63) is 80.4 Å². The molecule has 0 radical (unpaired) electrons. The minimum Gasteiger partial charge on any atom is -0.507 e. The van der Waals surface area contributed by atoms with E-state index in [1.165, 1.54) is 24.3 Å². The lowest BCUT2D eigenvalue weighted by Gasteiger charge is -2.35. The largest absolute Gasteiger partial charge is 0.507 e. The zero-order valence-electron chi connectivity index (χ0n) is 16.7. The van der Waals surface area contributed by atoms with Crippen molar-refractivity contribution in [2.75, 3.05) is 0 Å². The number of non-ortho nitro benzene ring substituents is 1. The third-order valence-corrected chi connectivity index (χ3v) is 6.22. The standard InChI is InChI=1S/C23H21ClN2O5/c24-16-11-9-14(10-12-16)20-19(21(27)15-5-4-8-18(13-15)26(30)31)22(28)23(29)25(20)17-6-2-1-3-7-17/h4-5,8-13,17,20,27H,1-3,6-7H2/b21-19-. The Balaban J connectivity index is 1.87. The molecule has 0 bridgehead atoms. The van der Waals surface area contributed by atoms with Gasteiger partial charge in [-0.1, -0.05) is 55.1 Å². The number of likely N-dealkylation sites (tertiary alicyclic amines) is 1. The molecule has 1 aliphatic carbocycles. The maximum atomic E-state index is 13.1. The first-order chi connectivity index (χ1) is 14.9. The normalized spacial score (nSPS) is 21.5. The Morgan fingerprint density at radius 2 is 1.74 bits per heavy atom. The van der Waals surface area contributed by atoms with E-state index in [4.69, 9.17) is 11.6 Å². The minimum atomic E-state index is -0.783. The van der Waals surface area contributed by atoms with Crippen LogP contribution >= 0.6 is 11.6 Å². The van der Waals surface area contributed by atoms with Gasteiger partial charge in [-0.25, -0.2) is 0 Å². The lowest BCUT2D eigenvalue weighted by molar-refractivity contribution is -0.384. The van der Waals surface area contributed by atoms with E-state index in [0.29, 0.717) is 10.6 Å². The van der Waals surface area contributed by atoms with Crippen LogP contribution in [0.5, 0.6) is 0 Å². The molecular weight excluding hydrogens is 420 g/mol. The molecule has 2 aromatic rings. The van der Waals surface area contributed by atoms with Gasteiger partial charge >= 0.3 is 0 Å².